The van der Waals surface area contributed by atoms with Gasteiger partial charge in [-0.05, 0) is 42.4 Å². The van der Waals surface area contributed by atoms with Gasteiger partial charge >= 0.3 is 0 Å². The van der Waals surface area contributed by atoms with E-state index in [0.717, 1.165) is 30.9 Å². The van der Waals surface area contributed by atoms with E-state index in [1.54, 1.807) is 14.2 Å². The molecule has 4 nitrogen and oxygen atoms in total. The average molecular weight is 279 g/mol. The lowest BCUT2D eigenvalue weighted by molar-refractivity contribution is 0.158. The summed E-state index contributed by atoms with van der Waals surface area (Å²) in [6.45, 7) is 2.35. The van der Waals surface area contributed by atoms with Gasteiger partial charge in [-0.15, -0.1) is 0 Å². The van der Waals surface area contributed by atoms with Crippen molar-refractivity contribution in [2.24, 2.45) is 5.41 Å². The fourth-order valence-corrected chi connectivity index (χ4v) is 2.45. The van der Waals surface area contributed by atoms with Gasteiger partial charge in [-0.1, -0.05) is 12.1 Å². The van der Waals surface area contributed by atoms with Crippen molar-refractivity contribution < 1.29 is 14.6 Å². The third-order valence-electron chi connectivity index (χ3n) is 4.11. The molecular weight excluding hydrogens is 254 g/mol. The SMILES string of the molecule is COCCC1(CNCC(O)c2cccc(OC)c2)CC1. The zero-order valence-corrected chi connectivity index (χ0v) is 12.4. The van der Waals surface area contributed by atoms with Gasteiger partial charge in [0.2, 0.25) is 0 Å². The number of hydrogen-bond donors (Lipinski definition) is 2. The third kappa shape index (κ3) is 4.20. The monoisotopic (exact) mass is 279 g/mol. The Hall–Kier alpha value is -1.10. The molecule has 0 heterocycles. The van der Waals surface area contributed by atoms with Gasteiger partial charge in [0.25, 0.3) is 0 Å². The molecule has 20 heavy (non-hydrogen) atoms. The highest BCUT2D eigenvalue weighted by Crippen LogP contribution is 2.48. The molecule has 2 N–H and O–H groups in total. The minimum Gasteiger partial charge on any atom is -0.497 e. The molecule has 1 unspecified atom stereocenters. The Morgan fingerprint density at radius 1 is 1.35 bits per heavy atom. The summed E-state index contributed by atoms with van der Waals surface area (Å²) in [5.74, 6) is 0.778. The number of ether oxygens (including phenoxy) is 2. The predicted octanol–water partition coefficient (Wildman–Crippen LogP) is 2.13. The highest BCUT2D eigenvalue weighted by atomic mass is 16.5. The molecule has 4 heteroatoms. The highest BCUT2D eigenvalue weighted by Gasteiger charge is 2.41. The van der Waals surface area contributed by atoms with Gasteiger partial charge in [0, 0.05) is 26.8 Å². The van der Waals surface area contributed by atoms with Crippen LogP contribution in [0.1, 0.15) is 30.9 Å². The van der Waals surface area contributed by atoms with Gasteiger partial charge in [-0.3, -0.25) is 0 Å². The van der Waals surface area contributed by atoms with Crippen molar-refractivity contribution in [1.82, 2.24) is 5.32 Å². The number of hydrogen-bond acceptors (Lipinski definition) is 4. The van der Waals surface area contributed by atoms with Gasteiger partial charge in [0.15, 0.2) is 0 Å². The van der Waals surface area contributed by atoms with Crippen LogP contribution in [0, 0.1) is 5.41 Å². The topological polar surface area (TPSA) is 50.7 Å². The van der Waals surface area contributed by atoms with E-state index in [9.17, 15) is 5.11 Å². The maximum absolute atomic E-state index is 10.2. The Morgan fingerprint density at radius 3 is 2.80 bits per heavy atom. The molecule has 1 saturated carbocycles. The standard InChI is InChI=1S/C16H25NO3/c1-19-9-8-16(6-7-16)12-17-11-15(18)13-4-3-5-14(10-13)20-2/h3-5,10,15,17-18H,6-9,11-12H2,1-2H3. The van der Waals surface area contributed by atoms with Crippen molar-refractivity contribution in [2.75, 3.05) is 33.9 Å². The Kier molecular flexibility index (Phi) is 5.40. The highest BCUT2D eigenvalue weighted by molar-refractivity contribution is 5.29. The molecule has 2 rings (SSSR count). The number of benzene rings is 1. The van der Waals surface area contributed by atoms with Crippen LogP contribution in [0.4, 0.5) is 0 Å². The van der Waals surface area contributed by atoms with Gasteiger partial charge < -0.3 is 19.9 Å². The predicted molar refractivity (Wildman–Crippen MR) is 79.0 cm³/mol. The molecule has 0 aromatic heterocycles. The Labute approximate surface area is 121 Å². The second-order valence-corrected chi connectivity index (χ2v) is 5.67. The minimum absolute atomic E-state index is 0.407. The second-order valence-electron chi connectivity index (χ2n) is 5.67. The summed E-state index contributed by atoms with van der Waals surface area (Å²) in [6, 6.07) is 7.59. The summed E-state index contributed by atoms with van der Waals surface area (Å²) in [5, 5.41) is 13.6. The summed E-state index contributed by atoms with van der Waals surface area (Å²) < 4.78 is 10.3. The number of rotatable bonds is 9. The zero-order valence-electron chi connectivity index (χ0n) is 12.4. The molecule has 0 bridgehead atoms. The van der Waals surface area contributed by atoms with Gasteiger partial charge in [-0.25, -0.2) is 0 Å². The lowest BCUT2D eigenvalue weighted by atomic mass is 10.0. The van der Waals surface area contributed by atoms with Crippen LogP contribution in [0.3, 0.4) is 0 Å². The first kappa shape index (κ1) is 15.3. The summed E-state index contributed by atoms with van der Waals surface area (Å²) in [5.41, 5.74) is 1.29. The molecule has 1 aromatic carbocycles. The normalized spacial score (nSPS) is 17.8. The van der Waals surface area contributed by atoms with Crippen molar-refractivity contribution in [3.8, 4) is 5.75 Å². The molecule has 0 amide bonds. The van der Waals surface area contributed by atoms with E-state index in [2.05, 4.69) is 5.32 Å². The smallest absolute Gasteiger partial charge is 0.119 e. The third-order valence-corrected chi connectivity index (χ3v) is 4.11. The molecule has 1 aromatic rings. The first-order valence-electron chi connectivity index (χ1n) is 7.21. The van der Waals surface area contributed by atoms with Gasteiger partial charge in [0.1, 0.15) is 5.75 Å². The first-order valence-corrected chi connectivity index (χ1v) is 7.21. The van der Waals surface area contributed by atoms with E-state index in [1.807, 2.05) is 24.3 Å². The Bertz CT molecular complexity index is 418. The van der Waals surface area contributed by atoms with Crippen molar-refractivity contribution in [2.45, 2.75) is 25.4 Å². The van der Waals surface area contributed by atoms with Crippen LogP contribution in [-0.4, -0.2) is 39.0 Å². The van der Waals surface area contributed by atoms with E-state index < -0.39 is 6.10 Å². The average Bonchev–Trinajstić information content (AvgIpc) is 3.25. The fourth-order valence-electron chi connectivity index (χ4n) is 2.45. The summed E-state index contributed by atoms with van der Waals surface area (Å²) in [7, 11) is 3.38. The van der Waals surface area contributed by atoms with Crippen LogP contribution in [0.5, 0.6) is 5.75 Å². The lowest BCUT2D eigenvalue weighted by Crippen LogP contribution is -2.29. The van der Waals surface area contributed by atoms with Crippen LogP contribution in [0.15, 0.2) is 24.3 Å². The molecule has 1 fully saturated rings. The number of aliphatic hydroxyl groups is 1. The lowest BCUT2D eigenvalue weighted by Gasteiger charge is -2.18. The Balaban J connectivity index is 1.76. The number of nitrogens with one attached hydrogen (secondary N) is 1. The number of aliphatic hydroxyl groups excluding tert-OH is 1. The summed E-state index contributed by atoms with van der Waals surface area (Å²) >= 11 is 0. The maximum atomic E-state index is 10.2. The van der Waals surface area contributed by atoms with Crippen LogP contribution < -0.4 is 10.1 Å². The molecule has 0 aliphatic heterocycles. The molecule has 1 aliphatic carbocycles. The molecule has 0 spiro atoms. The maximum Gasteiger partial charge on any atom is 0.119 e. The van der Waals surface area contributed by atoms with Crippen molar-refractivity contribution >= 4 is 0 Å². The molecule has 1 atom stereocenters. The Morgan fingerprint density at radius 2 is 2.15 bits per heavy atom. The van der Waals surface area contributed by atoms with E-state index in [4.69, 9.17) is 9.47 Å². The van der Waals surface area contributed by atoms with Crippen molar-refractivity contribution in [1.29, 1.82) is 0 Å². The van der Waals surface area contributed by atoms with Crippen molar-refractivity contribution in [3.05, 3.63) is 29.8 Å². The van der Waals surface area contributed by atoms with Gasteiger partial charge in [-0.2, -0.15) is 0 Å². The number of methoxy groups -OCH3 is 2. The molecule has 112 valence electrons. The quantitative estimate of drug-likeness (QED) is 0.727. The van der Waals surface area contributed by atoms with Crippen LogP contribution in [0.2, 0.25) is 0 Å². The first-order chi connectivity index (χ1) is 9.69. The molecule has 0 radical (unpaired) electrons. The van der Waals surface area contributed by atoms with E-state index in [-0.39, 0.29) is 0 Å². The van der Waals surface area contributed by atoms with E-state index in [0.29, 0.717) is 12.0 Å². The summed E-state index contributed by atoms with van der Waals surface area (Å²) in [4.78, 5) is 0. The largest absolute Gasteiger partial charge is 0.497 e. The van der Waals surface area contributed by atoms with Crippen LogP contribution in [-0.2, 0) is 4.74 Å². The second kappa shape index (κ2) is 7.07. The fraction of sp³-hybridized carbons (Fsp3) is 0.625. The van der Waals surface area contributed by atoms with E-state index in [1.165, 1.54) is 12.8 Å². The van der Waals surface area contributed by atoms with Crippen LogP contribution >= 0.6 is 0 Å². The van der Waals surface area contributed by atoms with Gasteiger partial charge in [0.05, 0.1) is 13.2 Å². The minimum atomic E-state index is -0.497. The van der Waals surface area contributed by atoms with E-state index >= 15 is 0 Å². The molecular formula is C16H25NO3. The zero-order chi connectivity index (χ0) is 14.4. The molecule has 1 aliphatic rings. The molecule has 0 saturated heterocycles. The summed E-state index contributed by atoms with van der Waals surface area (Å²) in [6.07, 6.45) is 3.13. The van der Waals surface area contributed by atoms with Crippen LogP contribution in [0.25, 0.3) is 0 Å². The van der Waals surface area contributed by atoms with Crippen molar-refractivity contribution in [3.63, 3.8) is 0 Å².